The smallest absolute Gasteiger partial charge is 0.228 e. The van der Waals surface area contributed by atoms with Crippen LogP contribution in [0.5, 0.6) is 5.75 Å². The highest BCUT2D eigenvalue weighted by Gasteiger charge is 2.33. The largest absolute Gasteiger partial charge is 0.497 e. The number of carbonyl (C=O) groups is 1. The maximum Gasteiger partial charge on any atom is 0.228 e. The molecule has 1 aromatic heterocycles. The number of hydrogen-bond acceptors (Lipinski definition) is 6. The first-order chi connectivity index (χ1) is 14.7. The van der Waals surface area contributed by atoms with E-state index in [0.29, 0.717) is 11.9 Å². The first-order valence-corrected chi connectivity index (χ1v) is 10.7. The zero-order valence-electron chi connectivity index (χ0n) is 17.3. The zero-order chi connectivity index (χ0) is 20.5. The number of rotatable bonds is 5. The summed E-state index contributed by atoms with van der Waals surface area (Å²) in [4.78, 5) is 21.9. The molecule has 7 nitrogen and oxygen atoms in total. The molecular weight excluding hydrogens is 380 g/mol. The predicted octanol–water partition coefficient (Wildman–Crippen LogP) is 2.66. The van der Waals surface area contributed by atoms with Gasteiger partial charge in [-0.15, -0.1) is 0 Å². The third-order valence-corrected chi connectivity index (χ3v) is 6.09. The average Bonchev–Trinajstić information content (AvgIpc) is 3.61. The molecule has 2 aliphatic heterocycles. The summed E-state index contributed by atoms with van der Waals surface area (Å²) in [6, 6.07) is 12.6. The van der Waals surface area contributed by atoms with Gasteiger partial charge in [-0.05, 0) is 42.7 Å². The molecular formula is C23H28N4O3. The van der Waals surface area contributed by atoms with Crippen molar-refractivity contribution in [2.75, 3.05) is 43.6 Å². The molecule has 0 radical (unpaired) electrons. The van der Waals surface area contributed by atoms with Crippen molar-refractivity contribution in [1.29, 1.82) is 0 Å². The van der Waals surface area contributed by atoms with Crippen LogP contribution in [0.15, 0.2) is 36.4 Å². The molecule has 5 rings (SSSR count). The highest BCUT2D eigenvalue weighted by atomic mass is 16.5. The van der Waals surface area contributed by atoms with Gasteiger partial charge in [0.1, 0.15) is 11.6 Å². The SMILES string of the molecule is COc1ccc(CN2Cc3nc(NC(=O)C4CC4)ccc3N3CCOCC3C2)cc1. The summed E-state index contributed by atoms with van der Waals surface area (Å²) in [7, 11) is 1.68. The highest BCUT2D eigenvalue weighted by molar-refractivity contribution is 5.93. The van der Waals surface area contributed by atoms with Gasteiger partial charge >= 0.3 is 0 Å². The molecule has 1 unspecified atom stereocenters. The molecule has 1 aromatic carbocycles. The van der Waals surface area contributed by atoms with Gasteiger partial charge in [0, 0.05) is 32.1 Å². The Kier molecular flexibility index (Phi) is 5.31. The molecule has 0 bridgehead atoms. The van der Waals surface area contributed by atoms with Crippen molar-refractivity contribution in [3.8, 4) is 5.75 Å². The summed E-state index contributed by atoms with van der Waals surface area (Å²) in [6.45, 7) is 4.79. The normalized spacial score (nSPS) is 21.4. The Balaban J connectivity index is 1.40. The molecule has 0 spiro atoms. The van der Waals surface area contributed by atoms with Crippen LogP contribution in [0, 0.1) is 5.92 Å². The number of nitrogens with one attached hydrogen (secondary N) is 1. The second kappa shape index (κ2) is 8.24. The Morgan fingerprint density at radius 3 is 2.83 bits per heavy atom. The van der Waals surface area contributed by atoms with Crippen LogP contribution in [0.1, 0.15) is 24.1 Å². The number of hydrogen-bond donors (Lipinski definition) is 1. The van der Waals surface area contributed by atoms with Crippen LogP contribution in [-0.2, 0) is 22.6 Å². The summed E-state index contributed by atoms with van der Waals surface area (Å²) in [5.74, 6) is 1.78. The van der Waals surface area contributed by atoms with Crippen molar-refractivity contribution in [1.82, 2.24) is 9.88 Å². The number of ether oxygens (including phenoxy) is 2. The monoisotopic (exact) mass is 408 g/mol. The van der Waals surface area contributed by atoms with Crippen LogP contribution in [0.3, 0.4) is 0 Å². The Morgan fingerprint density at radius 2 is 2.07 bits per heavy atom. The van der Waals surface area contributed by atoms with Gasteiger partial charge in [-0.3, -0.25) is 9.69 Å². The Labute approximate surface area is 177 Å². The fourth-order valence-electron chi connectivity index (χ4n) is 4.32. The summed E-state index contributed by atoms with van der Waals surface area (Å²) < 4.78 is 11.1. The van der Waals surface area contributed by atoms with Crippen LogP contribution in [0.25, 0.3) is 0 Å². The number of amides is 1. The molecule has 1 amide bonds. The molecule has 158 valence electrons. The van der Waals surface area contributed by atoms with Crippen molar-refractivity contribution in [2.45, 2.75) is 32.0 Å². The number of aromatic nitrogens is 1. The van der Waals surface area contributed by atoms with Gasteiger partial charge < -0.3 is 19.7 Å². The number of carbonyl (C=O) groups excluding carboxylic acids is 1. The number of nitrogens with zero attached hydrogens (tertiary/aromatic N) is 3. The van der Waals surface area contributed by atoms with E-state index >= 15 is 0 Å². The van der Waals surface area contributed by atoms with Crippen molar-refractivity contribution >= 4 is 17.4 Å². The van der Waals surface area contributed by atoms with Crippen LogP contribution >= 0.6 is 0 Å². The minimum absolute atomic E-state index is 0.0930. The van der Waals surface area contributed by atoms with Crippen molar-refractivity contribution < 1.29 is 14.3 Å². The molecule has 1 saturated heterocycles. The number of benzene rings is 1. The van der Waals surface area contributed by atoms with Crippen LogP contribution < -0.4 is 15.0 Å². The van der Waals surface area contributed by atoms with Gasteiger partial charge in [-0.25, -0.2) is 4.98 Å². The van der Waals surface area contributed by atoms with Gasteiger partial charge in [-0.1, -0.05) is 12.1 Å². The van der Waals surface area contributed by atoms with Crippen molar-refractivity contribution in [2.24, 2.45) is 5.92 Å². The molecule has 3 heterocycles. The molecule has 2 aromatic rings. The lowest BCUT2D eigenvalue weighted by atomic mass is 10.1. The molecule has 30 heavy (non-hydrogen) atoms. The van der Waals surface area contributed by atoms with E-state index < -0.39 is 0 Å². The predicted molar refractivity (Wildman–Crippen MR) is 115 cm³/mol. The first kappa shape index (κ1) is 19.3. The van der Waals surface area contributed by atoms with Crippen molar-refractivity contribution in [3.05, 3.63) is 47.7 Å². The van der Waals surface area contributed by atoms with E-state index in [0.717, 1.165) is 69.4 Å². The zero-order valence-corrected chi connectivity index (χ0v) is 17.3. The van der Waals surface area contributed by atoms with Crippen molar-refractivity contribution in [3.63, 3.8) is 0 Å². The van der Waals surface area contributed by atoms with Gasteiger partial charge in [0.2, 0.25) is 5.91 Å². The maximum atomic E-state index is 12.2. The molecule has 1 N–H and O–H groups in total. The summed E-state index contributed by atoms with van der Waals surface area (Å²) in [6.07, 6.45) is 1.98. The van der Waals surface area contributed by atoms with E-state index in [4.69, 9.17) is 14.5 Å². The number of fused-ring (bicyclic) bond motifs is 3. The van der Waals surface area contributed by atoms with Gasteiger partial charge in [0.15, 0.2) is 0 Å². The average molecular weight is 409 g/mol. The number of morpholine rings is 1. The number of anilines is 2. The quantitative estimate of drug-likeness (QED) is 0.821. The van der Waals surface area contributed by atoms with Crippen LogP contribution in [-0.4, -0.2) is 55.2 Å². The fraction of sp³-hybridized carbons (Fsp3) is 0.478. The molecule has 1 aliphatic carbocycles. The third-order valence-electron chi connectivity index (χ3n) is 6.09. The van der Waals surface area contributed by atoms with Crippen LogP contribution in [0.4, 0.5) is 11.5 Å². The van der Waals surface area contributed by atoms with E-state index in [1.165, 1.54) is 5.56 Å². The van der Waals surface area contributed by atoms with E-state index in [1.54, 1.807) is 7.11 Å². The van der Waals surface area contributed by atoms with E-state index in [1.807, 2.05) is 18.2 Å². The summed E-state index contributed by atoms with van der Waals surface area (Å²) >= 11 is 0. The Bertz CT molecular complexity index is 913. The Hall–Kier alpha value is -2.64. The lowest BCUT2D eigenvalue weighted by Gasteiger charge is -2.37. The Morgan fingerprint density at radius 1 is 1.23 bits per heavy atom. The molecule has 7 heteroatoms. The number of methoxy groups -OCH3 is 1. The van der Waals surface area contributed by atoms with Gasteiger partial charge in [-0.2, -0.15) is 0 Å². The molecule has 3 aliphatic rings. The summed E-state index contributed by atoms with van der Waals surface area (Å²) in [5.41, 5.74) is 3.41. The standard InChI is InChI=1S/C23H28N4O3/c1-29-19-6-2-16(3-7-19)12-26-13-18-15-30-11-10-27(18)21-8-9-22(24-20(21)14-26)25-23(28)17-4-5-17/h2-3,6-9,17-18H,4-5,10-15H2,1H3,(H,24,25,28). The van der Waals surface area contributed by atoms with Gasteiger partial charge in [0.25, 0.3) is 0 Å². The lowest BCUT2D eigenvalue weighted by molar-refractivity contribution is -0.117. The fourth-order valence-corrected chi connectivity index (χ4v) is 4.32. The second-order valence-corrected chi connectivity index (χ2v) is 8.37. The molecule has 1 atom stereocenters. The topological polar surface area (TPSA) is 66.9 Å². The lowest BCUT2D eigenvalue weighted by Crippen LogP contribution is -2.49. The minimum Gasteiger partial charge on any atom is -0.497 e. The molecule has 2 fully saturated rings. The first-order valence-electron chi connectivity index (χ1n) is 10.7. The van der Waals surface area contributed by atoms with Crippen LogP contribution in [0.2, 0.25) is 0 Å². The van der Waals surface area contributed by atoms with E-state index in [9.17, 15) is 4.79 Å². The minimum atomic E-state index is 0.0930. The van der Waals surface area contributed by atoms with E-state index in [2.05, 4.69) is 33.3 Å². The number of pyridine rings is 1. The third kappa shape index (κ3) is 4.13. The highest BCUT2D eigenvalue weighted by Crippen LogP contribution is 2.32. The maximum absolute atomic E-state index is 12.2. The second-order valence-electron chi connectivity index (χ2n) is 8.37. The summed E-state index contributed by atoms with van der Waals surface area (Å²) in [5, 5.41) is 3.00. The molecule has 1 saturated carbocycles. The van der Waals surface area contributed by atoms with E-state index in [-0.39, 0.29) is 11.8 Å². The van der Waals surface area contributed by atoms with Gasteiger partial charge in [0.05, 0.1) is 37.7 Å².